The summed E-state index contributed by atoms with van der Waals surface area (Å²) in [4.78, 5) is 15.0. The molecule has 5 heteroatoms. The molecule has 0 radical (unpaired) electrons. The van der Waals surface area contributed by atoms with Crippen LogP contribution in [0.4, 0.5) is 0 Å². The molecule has 4 rings (SSSR count). The molecule has 2 aromatic heterocycles. The summed E-state index contributed by atoms with van der Waals surface area (Å²) < 4.78 is 1.18. The molecule has 1 N–H and O–H groups in total. The quantitative estimate of drug-likeness (QED) is 0.777. The van der Waals surface area contributed by atoms with Gasteiger partial charge in [0.1, 0.15) is 5.82 Å². The van der Waals surface area contributed by atoms with Crippen LogP contribution in [0, 0.1) is 0 Å². The van der Waals surface area contributed by atoms with Gasteiger partial charge in [0.15, 0.2) is 0 Å². The van der Waals surface area contributed by atoms with E-state index in [0.29, 0.717) is 0 Å². The first kappa shape index (κ1) is 13.0. The van der Waals surface area contributed by atoms with Gasteiger partial charge < -0.3 is 4.98 Å². The Kier molecular flexibility index (Phi) is 3.24. The fraction of sp³-hybridized carbons (Fsp3) is 0.250. The van der Waals surface area contributed by atoms with E-state index in [9.17, 15) is 0 Å². The fourth-order valence-electron chi connectivity index (χ4n) is 2.90. The van der Waals surface area contributed by atoms with Gasteiger partial charge in [-0.1, -0.05) is 28.1 Å². The van der Waals surface area contributed by atoms with Gasteiger partial charge in [-0.2, -0.15) is 0 Å². The van der Waals surface area contributed by atoms with Crippen molar-refractivity contribution in [3.8, 4) is 0 Å². The molecule has 4 nitrogen and oxygen atoms in total. The minimum atomic E-state index is 0.836. The van der Waals surface area contributed by atoms with Crippen molar-refractivity contribution < 1.29 is 0 Å². The second kappa shape index (κ2) is 5.24. The normalized spacial score (nSPS) is 15.3. The maximum atomic E-state index is 4.65. The number of hydrogen-bond donors (Lipinski definition) is 1. The predicted molar refractivity (Wildman–Crippen MR) is 85.8 cm³/mol. The number of para-hydroxylation sites is 2. The van der Waals surface area contributed by atoms with Crippen molar-refractivity contribution in [3.63, 3.8) is 0 Å². The summed E-state index contributed by atoms with van der Waals surface area (Å²) in [5.74, 6) is 1.02. The number of halogens is 1. The number of nitrogens with one attached hydrogen (secondary N) is 1. The number of hydrogen-bond acceptors (Lipinski definition) is 3. The van der Waals surface area contributed by atoms with Crippen LogP contribution in [0.25, 0.3) is 11.0 Å². The maximum Gasteiger partial charge on any atom is 0.121 e. The second-order valence-electron chi connectivity index (χ2n) is 5.38. The van der Waals surface area contributed by atoms with Crippen molar-refractivity contribution >= 4 is 27.0 Å². The number of nitrogens with zero attached hydrogens (tertiary/aromatic N) is 3. The van der Waals surface area contributed by atoms with Crippen molar-refractivity contribution in [1.29, 1.82) is 0 Å². The highest BCUT2D eigenvalue weighted by Gasteiger charge is 2.20. The van der Waals surface area contributed by atoms with E-state index in [0.717, 1.165) is 42.9 Å². The summed E-state index contributed by atoms with van der Waals surface area (Å²) in [5, 5.41) is 0. The number of imidazole rings is 1. The molecule has 0 unspecified atom stereocenters. The van der Waals surface area contributed by atoms with Gasteiger partial charge in [0, 0.05) is 23.8 Å². The number of aromatic nitrogens is 3. The Bertz CT molecular complexity index is 763. The van der Waals surface area contributed by atoms with Gasteiger partial charge in [-0.15, -0.1) is 0 Å². The van der Waals surface area contributed by atoms with Crippen molar-refractivity contribution in [2.45, 2.75) is 19.5 Å². The summed E-state index contributed by atoms with van der Waals surface area (Å²) >= 11 is 3.61. The number of rotatable bonds is 2. The van der Waals surface area contributed by atoms with Crippen LogP contribution in [0.5, 0.6) is 0 Å². The molecule has 0 aliphatic carbocycles. The molecule has 21 heavy (non-hydrogen) atoms. The highest BCUT2D eigenvalue weighted by molar-refractivity contribution is 9.10. The van der Waals surface area contributed by atoms with Crippen LogP contribution < -0.4 is 0 Å². The van der Waals surface area contributed by atoms with Gasteiger partial charge >= 0.3 is 0 Å². The molecule has 3 aromatic rings. The Morgan fingerprint density at radius 3 is 3.05 bits per heavy atom. The highest BCUT2D eigenvalue weighted by Crippen LogP contribution is 2.25. The van der Waals surface area contributed by atoms with Crippen LogP contribution >= 0.6 is 15.9 Å². The molecule has 0 amide bonds. The molecule has 1 aliphatic heterocycles. The average Bonchev–Trinajstić information content (AvgIpc) is 2.89. The molecule has 0 spiro atoms. The minimum Gasteiger partial charge on any atom is -0.341 e. The molecular weight excluding hydrogens is 328 g/mol. The summed E-state index contributed by atoms with van der Waals surface area (Å²) in [5.41, 5.74) is 4.65. The Morgan fingerprint density at radius 1 is 1.24 bits per heavy atom. The number of pyridine rings is 1. The largest absolute Gasteiger partial charge is 0.341 e. The van der Waals surface area contributed by atoms with Crippen LogP contribution in [0.15, 0.2) is 41.0 Å². The third-order valence-electron chi connectivity index (χ3n) is 3.95. The van der Waals surface area contributed by atoms with E-state index in [2.05, 4.69) is 41.8 Å². The van der Waals surface area contributed by atoms with Gasteiger partial charge in [-0.05, 0) is 30.2 Å². The Balaban J connectivity index is 1.56. The second-order valence-corrected chi connectivity index (χ2v) is 6.23. The molecule has 0 bridgehead atoms. The average molecular weight is 343 g/mol. The van der Waals surface area contributed by atoms with Gasteiger partial charge in [0.2, 0.25) is 0 Å². The van der Waals surface area contributed by atoms with Crippen molar-refractivity contribution in [1.82, 2.24) is 19.9 Å². The Morgan fingerprint density at radius 2 is 2.14 bits per heavy atom. The Hall–Kier alpha value is -1.72. The SMILES string of the molecule is Brc1ccnc2c1CCN(Cc1nc3ccccc3[nH]1)C2. The summed E-state index contributed by atoms with van der Waals surface area (Å²) in [6.07, 6.45) is 2.90. The molecule has 1 aromatic carbocycles. The first-order valence-corrected chi connectivity index (χ1v) is 7.87. The summed E-state index contributed by atoms with van der Waals surface area (Å²) in [6, 6.07) is 10.2. The van der Waals surface area contributed by atoms with Crippen LogP contribution in [0.1, 0.15) is 17.1 Å². The highest BCUT2D eigenvalue weighted by atomic mass is 79.9. The molecule has 106 valence electrons. The van der Waals surface area contributed by atoms with Gasteiger partial charge in [-0.25, -0.2) is 4.98 Å². The van der Waals surface area contributed by atoms with E-state index in [1.165, 1.54) is 15.7 Å². The van der Waals surface area contributed by atoms with Crippen LogP contribution in [-0.4, -0.2) is 26.4 Å². The van der Waals surface area contributed by atoms with E-state index >= 15 is 0 Å². The van der Waals surface area contributed by atoms with E-state index in [4.69, 9.17) is 0 Å². The number of benzene rings is 1. The molecule has 0 atom stereocenters. The lowest BCUT2D eigenvalue weighted by atomic mass is 10.1. The molecule has 0 fully saturated rings. The zero-order chi connectivity index (χ0) is 14.2. The van der Waals surface area contributed by atoms with E-state index in [1.807, 2.05) is 30.5 Å². The zero-order valence-corrected chi connectivity index (χ0v) is 13.1. The minimum absolute atomic E-state index is 0.836. The van der Waals surface area contributed by atoms with E-state index < -0.39 is 0 Å². The van der Waals surface area contributed by atoms with E-state index in [1.54, 1.807) is 0 Å². The van der Waals surface area contributed by atoms with Gasteiger partial charge in [0.05, 0.1) is 23.3 Å². The third-order valence-corrected chi connectivity index (χ3v) is 4.69. The first-order chi connectivity index (χ1) is 10.3. The van der Waals surface area contributed by atoms with Gasteiger partial charge in [0.25, 0.3) is 0 Å². The summed E-state index contributed by atoms with van der Waals surface area (Å²) in [7, 11) is 0. The lowest BCUT2D eigenvalue weighted by Gasteiger charge is -2.27. The van der Waals surface area contributed by atoms with Crippen molar-refractivity contribution in [2.75, 3.05) is 6.54 Å². The molecule has 3 heterocycles. The van der Waals surface area contributed by atoms with Crippen LogP contribution in [-0.2, 0) is 19.5 Å². The lowest BCUT2D eigenvalue weighted by Crippen LogP contribution is -2.31. The number of aromatic amines is 1. The fourth-order valence-corrected chi connectivity index (χ4v) is 3.44. The zero-order valence-electron chi connectivity index (χ0n) is 11.5. The first-order valence-electron chi connectivity index (χ1n) is 7.08. The van der Waals surface area contributed by atoms with Crippen LogP contribution in [0.3, 0.4) is 0 Å². The number of fused-ring (bicyclic) bond motifs is 2. The van der Waals surface area contributed by atoms with Crippen LogP contribution in [0.2, 0.25) is 0 Å². The number of H-pyrrole nitrogens is 1. The molecular formula is C16H15BrN4. The van der Waals surface area contributed by atoms with Gasteiger partial charge in [-0.3, -0.25) is 9.88 Å². The summed E-state index contributed by atoms with van der Waals surface area (Å²) in [6.45, 7) is 2.75. The van der Waals surface area contributed by atoms with Crippen molar-refractivity contribution in [2.24, 2.45) is 0 Å². The predicted octanol–water partition coefficient (Wildman–Crippen LogP) is 3.28. The maximum absolute atomic E-state index is 4.65. The standard InChI is InChI=1S/C16H15BrN4/c17-12-5-7-18-15-9-21(8-6-11(12)15)10-16-19-13-3-1-2-4-14(13)20-16/h1-5,7H,6,8-10H2,(H,19,20). The molecule has 1 aliphatic rings. The van der Waals surface area contributed by atoms with E-state index in [-0.39, 0.29) is 0 Å². The molecule has 0 saturated carbocycles. The van der Waals surface area contributed by atoms with Crippen molar-refractivity contribution in [3.05, 3.63) is 58.1 Å². The molecule has 0 saturated heterocycles. The topological polar surface area (TPSA) is 44.8 Å². The lowest BCUT2D eigenvalue weighted by molar-refractivity contribution is 0.236. The smallest absolute Gasteiger partial charge is 0.121 e. The third kappa shape index (κ3) is 2.47. The Labute approximate surface area is 131 Å². The monoisotopic (exact) mass is 342 g/mol.